The van der Waals surface area contributed by atoms with Gasteiger partial charge >= 0.3 is 0 Å². The van der Waals surface area contributed by atoms with Crippen LogP contribution < -0.4 is 0 Å². The molecule has 3 heteroatoms. The van der Waals surface area contributed by atoms with Crippen LogP contribution in [0, 0.1) is 11.8 Å². The topological polar surface area (TPSA) is 9.23 Å². The average molecular weight is 291 g/mol. The molecule has 0 aromatic rings. The molecule has 0 aromatic heterocycles. The van der Waals surface area contributed by atoms with Gasteiger partial charge < -0.3 is 4.74 Å². The molecule has 2 aliphatic rings. The lowest BCUT2D eigenvalue weighted by molar-refractivity contribution is -0.103. The fourth-order valence-corrected chi connectivity index (χ4v) is 4.56. The van der Waals surface area contributed by atoms with Crippen LogP contribution in [0.3, 0.4) is 0 Å². The fourth-order valence-electron chi connectivity index (χ4n) is 3.20. The summed E-state index contributed by atoms with van der Waals surface area (Å²) < 4.78 is 6.14. The van der Waals surface area contributed by atoms with Crippen molar-refractivity contribution in [2.75, 3.05) is 18.1 Å². The summed E-state index contributed by atoms with van der Waals surface area (Å²) in [5, 5.41) is 0.353. The number of ether oxygens (including phenoxy) is 1. The molecule has 0 radical (unpaired) electrons. The average Bonchev–Trinajstić information content (AvgIpc) is 2.37. The van der Waals surface area contributed by atoms with Gasteiger partial charge in [0.2, 0.25) is 0 Å². The van der Waals surface area contributed by atoms with Gasteiger partial charge in [-0.3, -0.25) is 0 Å². The van der Waals surface area contributed by atoms with Gasteiger partial charge in [0.25, 0.3) is 0 Å². The van der Waals surface area contributed by atoms with Crippen molar-refractivity contribution in [3.63, 3.8) is 0 Å². The van der Waals surface area contributed by atoms with Gasteiger partial charge in [-0.15, -0.1) is 11.6 Å². The minimum atomic E-state index is 0.244. The minimum absolute atomic E-state index is 0.244. The van der Waals surface area contributed by atoms with Gasteiger partial charge in [-0.1, -0.05) is 13.8 Å². The van der Waals surface area contributed by atoms with Crippen molar-refractivity contribution < 1.29 is 4.74 Å². The normalized spacial score (nSPS) is 29.7. The second-order valence-corrected chi connectivity index (χ2v) is 8.13. The quantitative estimate of drug-likeness (QED) is 0.693. The molecule has 18 heavy (non-hydrogen) atoms. The van der Waals surface area contributed by atoms with Crippen LogP contribution in [0.4, 0.5) is 0 Å². The Bertz CT molecular complexity index is 245. The zero-order valence-electron chi connectivity index (χ0n) is 11.8. The molecule has 0 bridgehead atoms. The van der Waals surface area contributed by atoms with Crippen molar-refractivity contribution in [2.24, 2.45) is 11.8 Å². The van der Waals surface area contributed by atoms with E-state index in [1.54, 1.807) is 0 Å². The summed E-state index contributed by atoms with van der Waals surface area (Å²) in [6, 6.07) is 0. The summed E-state index contributed by atoms with van der Waals surface area (Å²) in [6.45, 7) is 5.42. The Labute approximate surface area is 121 Å². The first-order chi connectivity index (χ1) is 8.61. The third-order valence-electron chi connectivity index (χ3n) is 4.57. The van der Waals surface area contributed by atoms with E-state index in [1.807, 2.05) is 0 Å². The molecular formula is C15H27ClOS. The van der Waals surface area contributed by atoms with Crippen LogP contribution in [-0.2, 0) is 4.74 Å². The fraction of sp³-hybridized carbons (Fsp3) is 1.00. The Morgan fingerprint density at radius 1 is 1.33 bits per heavy atom. The molecule has 0 N–H and O–H groups in total. The molecule has 1 spiro atoms. The first kappa shape index (κ1) is 15.0. The maximum absolute atomic E-state index is 6.38. The Balaban J connectivity index is 1.79. The van der Waals surface area contributed by atoms with Gasteiger partial charge in [0, 0.05) is 12.0 Å². The third-order valence-corrected chi connectivity index (χ3v) is 6.28. The lowest BCUT2D eigenvalue weighted by Crippen LogP contribution is -2.42. The van der Waals surface area contributed by atoms with E-state index in [2.05, 4.69) is 25.6 Å². The molecule has 2 saturated heterocycles. The largest absolute Gasteiger partial charge is 0.375 e. The molecule has 0 aromatic carbocycles. The summed E-state index contributed by atoms with van der Waals surface area (Å²) in [4.78, 5) is 0. The van der Waals surface area contributed by atoms with E-state index in [9.17, 15) is 0 Å². The van der Waals surface area contributed by atoms with Crippen LogP contribution >= 0.6 is 23.4 Å². The Kier molecular flexibility index (Phi) is 5.71. The van der Waals surface area contributed by atoms with Crippen LogP contribution in [0.5, 0.6) is 0 Å². The first-order valence-corrected chi connectivity index (χ1v) is 9.06. The summed E-state index contributed by atoms with van der Waals surface area (Å²) in [5.41, 5.74) is 0.244. The molecule has 2 atom stereocenters. The monoisotopic (exact) mass is 290 g/mol. The SMILES string of the molecule is CC(C)C(Cl)CCC1CCOC2(CCSCC2)C1. The van der Waals surface area contributed by atoms with Gasteiger partial charge in [-0.25, -0.2) is 0 Å². The first-order valence-electron chi connectivity index (χ1n) is 7.47. The van der Waals surface area contributed by atoms with Crippen LogP contribution in [0.1, 0.15) is 52.4 Å². The maximum Gasteiger partial charge on any atom is 0.0700 e. The van der Waals surface area contributed by atoms with Gasteiger partial charge in [-0.2, -0.15) is 11.8 Å². The van der Waals surface area contributed by atoms with E-state index in [0.717, 1.165) is 12.5 Å². The van der Waals surface area contributed by atoms with Crippen molar-refractivity contribution in [2.45, 2.75) is 63.4 Å². The van der Waals surface area contributed by atoms with Gasteiger partial charge in [0.1, 0.15) is 0 Å². The predicted molar refractivity (Wildman–Crippen MR) is 81.7 cm³/mol. The van der Waals surface area contributed by atoms with Crippen molar-refractivity contribution in [1.29, 1.82) is 0 Å². The van der Waals surface area contributed by atoms with Crippen molar-refractivity contribution in [1.82, 2.24) is 0 Å². The zero-order valence-corrected chi connectivity index (χ0v) is 13.4. The number of alkyl halides is 1. The lowest BCUT2D eigenvalue weighted by Gasteiger charge is -2.43. The molecule has 0 amide bonds. The highest BCUT2D eigenvalue weighted by Crippen LogP contribution is 2.41. The highest BCUT2D eigenvalue weighted by Gasteiger charge is 2.38. The Hall–Kier alpha value is 0.600. The van der Waals surface area contributed by atoms with E-state index in [4.69, 9.17) is 16.3 Å². The molecule has 2 unspecified atom stereocenters. The summed E-state index contributed by atoms with van der Waals surface area (Å²) >= 11 is 8.46. The lowest BCUT2D eigenvalue weighted by atomic mass is 9.79. The van der Waals surface area contributed by atoms with Gasteiger partial charge in [0.05, 0.1) is 5.60 Å². The van der Waals surface area contributed by atoms with Crippen LogP contribution in [0.2, 0.25) is 0 Å². The van der Waals surface area contributed by atoms with Crippen molar-refractivity contribution in [3.8, 4) is 0 Å². The van der Waals surface area contributed by atoms with Crippen molar-refractivity contribution in [3.05, 3.63) is 0 Å². The van der Waals surface area contributed by atoms with E-state index in [0.29, 0.717) is 11.3 Å². The number of hydrogen-bond donors (Lipinski definition) is 0. The van der Waals surface area contributed by atoms with Gasteiger partial charge in [-0.05, 0) is 61.9 Å². The van der Waals surface area contributed by atoms with Gasteiger partial charge in [0.15, 0.2) is 0 Å². The predicted octanol–water partition coefficient (Wildman–Crippen LogP) is 4.72. The van der Waals surface area contributed by atoms with E-state index < -0.39 is 0 Å². The Morgan fingerprint density at radius 2 is 2.06 bits per heavy atom. The summed E-state index contributed by atoms with van der Waals surface area (Å²) in [6.07, 6.45) is 7.54. The smallest absolute Gasteiger partial charge is 0.0700 e. The molecule has 2 heterocycles. The molecule has 1 nitrogen and oxygen atoms in total. The highest BCUT2D eigenvalue weighted by atomic mass is 35.5. The minimum Gasteiger partial charge on any atom is -0.375 e. The summed E-state index contributed by atoms with van der Waals surface area (Å²) in [5.74, 6) is 4.03. The summed E-state index contributed by atoms with van der Waals surface area (Å²) in [7, 11) is 0. The third kappa shape index (κ3) is 4.05. The second kappa shape index (κ2) is 6.85. The van der Waals surface area contributed by atoms with E-state index >= 15 is 0 Å². The zero-order chi connectivity index (χ0) is 13.0. The number of hydrogen-bond acceptors (Lipinski definition) is 2. The molecule has 0 saturated carbocycles. The maximum atomic E-state index is 6.38. The second-order valence-electron chi connectivity index (χ2n) is 6.34. The standard InChI is InChI=1S/C15H27ClOS/c1-12(2)14(16)4-3-13-5-8-17-15(11-13)6-9-18-10-7-15/h12-14H,3-11H2,1-2H3. The Morgan fingerprint density at radius 3 is 2.72 bits per heavy atom. The van der Waals surface area contributed by atoms with Crippen molar-refractivity contribution >= 4 is 23.4 Å². The van der Waals surface area contributed by atoms with Crippen LogP contribution in [0.15, 0.2) is 0 Å². The van der Waals surface area contributed by atoms with Crippen LogP contribution in [0.25, 0.3) is 0 Å². The molecule has 2 rings (SSSR count). The molecule has 0 aliphatic carbocycles. The molecule has 2 aliphatic heterocycles. The van der Waals surface area contributed by atoms with Crippen LogP contribution in [-0.4, -0.2) is 29.1 Å². The number of rotatable bonds is 4. The highest BCUT2D eigenvalue weighted by molar-refractivity contribution is 7.99. The number of thioether (sulfide) groups is 1. The van der Waals surface area contributed by atoms with E-state index in [-0.39, 0.29) is 5.60 Å². The number of halogens is 1. The molecule has 106 valence electrons. The molecular weight excluding hydrogens is 264 g/mol. The molecule has 2 fully saturated rings. The van der Waals surface area contributed by atoms with E-state index in [1.165, 1.54) is 50.0 Å².